The van der Waals surface area contributed by atoms with Gasteiger partial charge in [0.2, 0.25) is 6.29 Å². The number of ether oxygens (including phenoxy) is 2. The van der Waals surface area contributed by atoms with Gasteiger partial charge in [-0.3, -0.25) is 0 Å². The topological polar surface area (TPSA) is 35.5 Å². The molecule has 0 N–H and O–H groups in total. The summed E-state index contributed by atoms with van der Waals surface area (Å²) in [5.74, 6) is 1.62. The first kappa shape index (κ1) is 13.6. The minimum atomic E-state index is -0.450. The molecule has 1 aliphatic carbocycles. The van der Waals surface area contributed by atoms with E-state index in [0.29, 0.717) is 17.8 Å². The Bertz CT molecular complexity index is 346. The zero-order chi connectivity index (χ0) is 13.3. The van der Waals surface area contributed by atoms with Gasteiger partial charge in [-0.2, -0.15) is 0 Å². The van der Waals surface area contributed by atoms with Gasteiger partial charge in [-0.25, -0.2) is 4.79 Å². The summed E-state index contributed by atoms with van der Waals surface area (Å²) < 4.78 is 11.3. The summed E-state index contributed by atoms with van der Waals surface area (Å²) in [4.78, 5) is 11.2. The minimum absolute atomic E-state index is 0.216. The van der Waals surface area contributed by atoms with Crippen LogP contribution in [0.5, 0.6) is 0 Å². The molecule has 3 heteroatoms. The number of hydrogen-bond donors (Lipinski definition) is 0. The van der Waals surface area contributed by atoms with Crippen LogP contribution in [0.15, 0.2) is 11.6 Å². The molecular formula is C15H24O3. The highest BCUT2D eigenvalue weighted by atomic mass is 16.7. The Balaban J connectivity index is 2.01. The van der Waals surface area contributed by atoms with Crippen LogP contribution in [0.2, 0.25) is 0 Å². The van der Waals surface area contributed by atoms with E-state index in [2.05, 4.69) is 20.8 Å². The molecule has 0 radical (unpaired) electrons. The molecule has 3 nitrogen and oxygen atoms in total. The summed E-state index contributed by atoms with van der Waals surface area (Å²) in [6.45, 7) is 8.67. The summed E-state index contributed by atoms with van der Waals surface area (Å²) in [7, 11) is 0. The van der Waals surface area contributed by atoms with Crippen LogP contribution in [-0.2, 0) is 14.3 Å². The summed E-state index contributed by atoms with van der Waals surface area (Å²) in [5.41, 5.74) is 0.890. The van der Waals surface area contributed by atoms with Crippen LogP contribution in [0.3, 0.4) is 0 Å². The van der Waals surface area contributed by atoms with Crippen LogP contribution in [-0.4, -0.2) is 18.4 Å². The monoisotopic (exact) mass is 252 g/mol. The van der Waals surface area contributed by atoms with Gasteiger partial charge < -0.3 is 9.47 Å². The average molecular weight is 252 g/mol. The molecule has 0 amide bonds. The SMILES string of the molecule is CC1=CC(=O)O[C@@H]1O[C@H]1C[C@@H](C)CC[C@@H]1C(C)C. The van der Waals surface area contributed by atoms with Crippen molar-refractivity contribution >= 4 is 5.97 Å². The maximum absolute atomic E-state index is 11.2. The smallest absolute Gasteiger partial charge is 0.333 e. The van der Waals surface area contributed by atoms with Crippen LogP contribution >= 0.6 is 0 Å². The highest BCUT2D eigenvalue weighted by molar-refractivity contribution is 5.85. The first-order valence-corrected chi connectivity index (χ1v) is 7.01. The third kappa shape index (κ3) is 2.94. The molecular weight excluding hydrogens is 228 g/mol. The summed E-state index contributed by atoms with van der Waals surface area (Å²) >= 11 is 0. The van der Waals surface area contributed by atoms with Crippen molar-refractivity contribution in [2.45, 2.75) is 59.4 Å². The number of hydrogen-bond acceptors (Lipinski definition) is 3. The fourth-order valence-corrected chi connectivity index (χ4v) is 3.05. The number of carbonyl (C=O) groups is 1. The molecule has 1 fully saturated rings. The molecule has 2 rings (SSSR count). The lowest BCUT2D eigenvalue weighted by atomic mass is 9.75. The summed E-state index contributed by atoms with van der Waals surface area (Å²) in [6.07, 6.45) is 4.86. The second kappa shape index (κ2) is 5.43. The number of cyclic esters (lactones) is 1. The molecule has 1 saturated carbocycles. The summed E-state index contributed by atoms with van der Waals surface area (Å²) in [5, 5.41) is 0. The van der Waals surface area contributed by atoms with Gasteiger partial charge in [0, 0.05) is 11.6 Å². The Labute approximate surface area is 110 Å². The fourth-order valence-electron chi connectivity index (χ4n) is 3.05. The van der Waals surface area contributed by atoms with E-state index >= 15 is 0 Å². The fraction of sp³-hybridized carbons (Fsp3) is 0.800. The quantitative estimate of drug-likeness (QED) is 0.723. The Hall–Kier alpha value is -0.830. The van der Waals surface area contributed by atoms with E-state index in [1.54, 1.807) is 0 Å². The van der Waals surface area contributed by atoms with Crippen molar-refractivity contribution < 1.29 is 14.3 Å². The van der Waals surface area contributed by atoms with E-state index in [4.69, 9.17) is 9.47 Å². The lowest BCUT2D eigenvalue weighted by molar-refractivity contribution is -0.180. The molecule has 0 unspecified atom stereocenters. The zero-order valence-corrected chi connectivity index (χ0v) is 11.8. The van der Waals surface area contributed by atoms with Crippen LogP contribution in [0.25, 0.3) is 0 Å². The van der Waals surface area contributed by atoms with Crippen molar-refractivity contribution in [3.63, 3.8) is 0 Å². The van der Waals surface area contributed by atoms with Crippen LogP contribution in [0.1, 0.15) is 47.0 Å². The first-order chi connectivity index (χ1) is 8.47. The largest absolute Gasteiger partial charge is 0.428 e. The maximum atomic E-state index is 11.2. The third-order valence-corrected chi connectivity index (χ3v) is 4.20. The zero-order valence-electron chi connectivity index (χ0n) is 11.8. The van der Waals surface area contributed by atoms with E-state index in [0.717, 1.165) is 12.0 Å². The molecule has 4 atom stereocenters. The van der Waals surface area contributed by atoms with Crippen molar-refractivity contribution in [1.29, 1.82) is 0 Å². The number of rotatable bonds is 3. The van der Waals surface area contributed by atoms with Crippen molar-refractivity contribution in [2.24, 2.45) is 17.8 Å². The van der Waals surface area contributed by atoms with E-state index < -0.39 is 6.29 Å². The number of esters is 1. The summed E-state index contributed by atoms with van der Waals surface area (Å²) in [6, 6.07) is 0. The van der Waals surface area contributed by atoms with Crippen LogP contribution < -0.4 is 0 Å². The van der Waals surface area contributed by atoms with Gasteiger partial charge in [0.05, 0.1) is 6.10 Å². The van der Waals surface area contributed by atoms with Crippen LogP contribution in [0, 0.1) is 17.8 Å². The van der Waals surface area contributed by atoms with E-state index in [9.17, 15) is 4.79 Å². The minimum Gasteiger partial charge on any atom is -0.428 e. The molecule has 0 aromatic rings. The highest BCUT2D eigenvalue weighted by Crippen LogP contribution is 2.37. The second-order valence-corrected chi connectivity index (χ2v) is 6.16. The highest BCUT2D eigenvalue weighted by Gasteiger charge is 2.35. The van der Waals surface area contributed by atoms with Gasteiger partial charge in [-0.15, -0.1) is 0 Å². The van der Waals surface area contributed by atoms with Gasteiger partial charge in [0.1, 0.15) is 0 Å². The molecule has 1 aliphatic heterocycles. The predicted octanol–water partition coefficient (Wildman–Crippen LogP) is 3.29. The van der Waals surface area contributed by atoms with Crippen molar-refractivity contribution in [3.05, 3.63) is 11.6 Å². The van der Waals surface area contributed by atoms with Crippen molar-refractivity contribution in [3.8, 4) is 0 Å². The second-order valence-electron chi connectivity index (χ2n) is 6.16. The molecule has 0 aromatic carbocycles. The lowest BCUT2D eigenvalue weighted by Gasteiger charge is -2.38. The Morgan fingerprint density at radius 1 is 1.39 bits per heavy atom. The first-order valence-electron chi connectivity index (χ1n) is 7.01. The molecule has 1 heterocycles. The predicted molar refractivity (Wildman–Crippen MR) is 69.9 cm³/mol. The van der Waals surface area contributed by atoms with Crippen LogP contribution in [0.4, 0.5) is 0 Å². The molecule has 0 spiro atoms. The lowest BCUT2D eigenvalue weighted by Crippen LogP contribution is -2.37. The Morgan fingerprint density at radius 2 is 2.11 bits per heavy atom. The van der Waals surface area contributed by atoms with E-state index in [1.165, 1.54) is 18.9 Å². The van der Waals surface area contributed by atoms with E-state index in [1.807, 2.05) is 6.92 Å². The average Bonchev–Trinajstić information content (AvgIpc) is 2.57. The van der Waals surface area contributed by atoms with Gasteiger partial charge in [0.15, 0.2) is 0 Å². The molecule has 2 aliphatic rings. The standard InChI is InChI=1S/C15H24O3/c1-9(2)12-6-5-10(3)7-13(12)17-15-11(4)8-14(16)18-15/h8-10,12-13,15H,5-7H2,1-4H3/t10-,12+,13-,15-/m0/s1. The van der Waals surface area contributed by atoms with Crippen molar-refractivity contribution in [2.75, 3.05) is 0 Å². The molecule has 0 bridgehead atoms. The van der Waals surface area contributed by atoms with Gasteiger partial charge in [-0.1, -0.05) is 27.2 Å². The Morgan fingerprint density at radius 3 is 2.67 bits per heavy atom. The maximum Gasteiger partial charge on any atom is 0.333 e. The molecule has 102 valence electrons. The molecule has 18 heavy (non-hydrogen) atoms. The van der Waals surface area contributed by atoms with Gasteiger partial charge >= 0.3 is 5.97 Å². The van der Waals surface area contributed by atoms with E-state index in [-0.39, 0.29) is 12.1 Å². The normalized spacial score (nSPS) is 36.7. The van der Waals surface area contributed by atoms with Gasteiger partial charge in [0.25, 0.3) is 0 Å². The third-order valence-electron chi connectivity index (χ3n) is 4.20. The Kier molecular flexibility index (Phi) is 4.10. The molecule has 0 aromatic heterocycles. The van der Waals surface area contributed by atoms with Crippen molar-refractivity contribution in [1.82, 2.24) is 0 Å². The molecule has 0 saturated heterocycles. The van der Waals surface area contributed by atoms with Gasteiger partial charge in [-0.05, 0) is 37.5 Å². The number of carbonyl (C=O) groups excluding carboxylic acids is 1.